The van der Waals surface area contributed by atoms with Crippen molar-refractivity contribution in [1.29, 1.82) is 0 Å². The second kappa shape index (κ2) is 8.56. The van der Waals surface area contributed by atoms with Gasteiger partial charge in [0.2, 0.25) is 0 Å². The SMILES string of the molecule is COc1cccc(N2CC[NH+](CC(=O)Nc3ccc(Br)c(C)c3)CC2)c1. The summed E-state index contributed by atoms with van der Waals surface area (Å²) in [5, 5.41) is 3.00. The van der Waals surface area contributed by atoms with Crippen molar-refractivity contribution in [3.8, 4) is 5.75 Å². The number of piperazine rings is 1. The number of ether oxygens (including phenoxy) is 1. The molecule has 5 nitrogen and oxygen atoms in total. The summed E-state index contributed by atoms with van der Waals surface area (Å²) >= 11 is 3.48. The normalized spacial score (nSPS) is 15.0. The first-order chi connectivity index (χ1) is 12.5. The van der Waals surface area contributed by atoms with Crippen molar-refractivity contribution in [2.45, 2.75) is 6.92 Å². The van der Waals surface area contributed by atoms with E-state index in [4.69, 9.17) is 4.74 Å². The van der Waals surface area contributed by atoms with Gasteiger partial charge in [0.1, 0.15) is 5.75 Å². The Labute approximate surface area is 163 Å². The van der Waals surface area contributed by atoms with Crippen LogP contribution in [-0.2, 0) is 4.79 Å². The molecule has 26 heavy (non-hydrogen) atoms. The van der Waals surface area contributed by atoms with Crippen molar-refractivity contribution in [3.63, 3.8) is 0 Å². The lowest BCUT2D eigenvalue weighted by Gasteiger charge is -2.33. The van der Waals surface area contributed by atoms with E-state index in [1.165, 1.54) is 10.6 Å². The summed E-state index contributed by atoms with van der Waals surface area (Å²) in [5.41, 5.74) is 3.14. The number of quaternary nitrogens is 1. The number of methoxy groups -OCH3 is 1. The maximum absolute atomic E-state index is 12.3. The number of carbonyl (C=O) groups is 1. The number of hydrogen-bond acceptors (Lipinski definition) is 3. The number of nitrogens with zero attached hydrogens (tertiary/aromatic N) is 1. The highest BCUT2D eigenvalue weighted by atomic mass is 79.9. The van der Waals surface area contributed by atoms with E-state index in [0.29, 0.717) is 6.54 Å². The summed E-state index contributed by atoms with van der Waals surface area (Å²) in [4.78, 5) is 16.0. The van der Waals surface area contributed by atoms with E-state index in [-0.39, 0.29) is 5.91 Å². The van der Waals surface area contributed by atoms with Crippen LogP contribution in [0.4, 0.5) is 11.4 Å². The first-order valence-electron chi connectivity index (χ1n) is 8.84. The first kappa shape index (κ1) is 18.7. The fourth-order valence-electron chi connectivity index (χ4n) is 3.22. The quantitative estimate of drug-likeness (QED) is 0.781. The summed E-state index contributed by atoms with van der Waals surface area (Å²) in [5.74, 6) is 0.943. The van der Waals surface area contributed by atoms with Gasteiger partial charge in [-0.3, -0.25) is 4.79 Å². The first-order valence-corrected chi connectivity index (χ1v) is 9.63. The van der Waals surface area contributed by atoms with Crippen molar-refractivity contribution in [1.82, 2.24) is 0 Å². The van der Waals surface area contributed by atoms with Crippen molar-refractivity contribution in [3.05, 3.63) is 52.5 Å². The molecule has 3 rings (SSSR count). The summed E-state index contributed by atoms with van der Waals surface area (Å²) in [6, 6.07) is 14.0. The van der Waals surface area contributed by atoms with Gasteiger partial charge < -0.3 is 19.9 Å². The van der Waals surface area contributed by atoms with Gasteiger partial charge in [-0.15, -0.1) is 0 Å². The third kappa shape index (κ3) is 4.77. The molecule has 1 saturated heterocycles. The van der Waals surface area contributed by atoms with Gasteiger partial charge in [0.05, 0.1) is 33.3 Å². The zero-order valence-electron chi connectivity index (χ0n) is 15.2. The number of rotatable bonds is 5. The summed E-state index contributed by atoms with van der Waals surface area (Å²) in [6.45, 7) is 6.29. The number of carbonyl (C=O) groups excluding carboxylic acids is 1. The minimum absolute atomic E-state index is 0.0663. The summed E-state index contributed by atoms with van der Waals surface area (Å²) < 4.78 is 6.35. The van der Waals surface area contributed by atoms with Gasteiger partial charge in [0, 0.05) is 21.9 Å². The number of anilines is 2. The number of benzene rings is 2. The molecule has 0 radical (unpaired) electrons. The van der Waals surface area contributed by atoms with Gasteiger partial charge >= 0.3 is 0 Å². The number of hydrogen-bond donors (Lipinski definition) is 2. The standard InChI is InChI=1S/C20H24BrN3O2/c1-15-12-16(6-7-19(15)21)22-20(25)14-23-8-10-24(11-9-23)17-4-3-5-18(13-17)26-2/h3-7,12-13H,8-11,14H2,1-2H3,(H,22,25)/p+1. The zero-order chi connectivity index (χ0) is 18.5. The van der Waals surface area contributed by atoms with E-state index in [0.717, 1.165) is 47.7 Å². The molecule has 2 aromatic rings. The molecule has 1 amide bonds. The smallest absolute Gasteiger partial charge is 0.279 e. The molecule has 1 fully saturated rings. The predicted molar refractivity (Wildman–Crippen MR) is 108 cm³/mol. The minimum Gasteiger partial charge on any atom is -0.497 e. The topological polar surface area (TPSA) is 46.0 Å². The van der Waals surface area contributed by atoms with Crippen molar-refractivity contribution in [2.75, 3.05) is 50.1 Å². The highest BCUT2D eigenvalue weighted by molar-refractivity contribution is 9.10. The second-order valence-electron chi connectivity index (χ2n) is 6.63. The Bertz CT molecular complexity index is 773. The fraction of sp³-hybridized carbons (Fsp3) is 0.350. The largest absolute Gasteiger partial charge is 0.497 e. The van der Waals surface area contributed by atoms with Crippen molar-refractivity contribution in [2.24, 2.45) is 0 Å². The van der Waals surface area contributed by atoms with Crippen LogP contribution in [0.15, 0.2) is 46.9 Å². The van der Waals surface area contributed by atoms with Crippen LogP contribution in [-0.4, -0.2) is 45.7 Å². The Kier molecular flexibility index (Phi) is 6.16. The molecule has 0 spiro atoms. The molecule has 0 atom stereocenters. The summed E-state index contributed by atoms with van der Waals surface area (Å²) in [6.07, 6.45) is 0. The van der Waals surface area contributed by atoms with E-state index in [1.807, 2.05) is 37.3 Å². The van der Waals surface area contributed by atoms with Crippen LogP contribution >= 0.6 is 15.9 Å². The van der Waals surface area contributed by atoms with E-state index in [9.17, 15) is 4.79 Å². The molecule has 2 aromatic carbocycles. The average molecular weight is 419 g/mol. The Morgan fingerprint density at radius 3 is 2.69 bits per heavy atom. The Hall–Kier alpha value is -2.05. The van der Waals surface area contributed by atoms with Crippen LogP contribution in [0.5, 0.6) is 5.75 Å². The lowest BCUT2D eigenvalue weighted by Crippen LogP contribution is -3.15. The van der Waals surface area contributed by atoms with Gasteiger partial charge in [0.15, 0.2) is 6.54 Å². The van der Waals surface area contributed by atoms with Crippen LogP contribution < -0.4 is 19.9 Å². The van der Waals surface area contributed by atoms with E-state index >= 15 is 0 Å². The van der Waals surface area contributed by atoms with Gasteiger partial charge in [0.25, 0.3) is 5.91 Å². The molecular weight excluding hydrogens is 394 g/mol. The lowest BCUT2D eigenvalue weighted by atomic mass is 10.2. The molecule has 0 unspecified atom stereocenters. The average Bonchev–Trinajstić information content (AvgIpc) is 2.65. The molecular formula is C20H25BrN3O2+. The lowest BCUT2D eigenvalue weighted by molar-refractivity contribution is -0.892. The van der Waals surface area contributed by atoms with E-state index < -0.39 is 0 Å². The van der Waals surface area contributed by atoms with Crippen molar-refractivity contribution < 1.29 is 14.4 Å². The van der Waals surface area contributed by atoms with Gasteiger partial charge in [-0.1, -0.05) is 22.0 Å². The minimum atomic E-state index is 0.0663. The van der Waals surface area contributed by atoms with Gasteiger partial charge in [-0.2, -0.15) is 0 Å². The molecule has 1 heterocycles. The van der Waals surface area contributed by atoms with Crippen LogP contribution in [0, 0.1) is 6.92 Å². The predicted octanol–water partition coefficient (Wildman–Crippen LogP) is 2.11. The molecule has 0 saturated carbocycles. The molecule has 6 heteroatoms. The Morgan fingerprint density at radius 2 is 2.00 bits per heavy atom. The van der Waals surface area contributed by atoms with Gasteiger partial charge in [-0.05, 0) is 42.8 Å². The summed E-state index contributed by atoms with van der Waals surface area (Å²) in [7, 11) is 1.69. The maximum atomic E-state index is 12.3. The molecule has 2 N–H and O–H groups in total. The van der Waals surface area contributed by atoms with Gasteiger partial charge in [-0.25, -0.2) is 0 Å². The third-order valence-corrected chi connectivity index (χ3v) is 5.63. The number of nitrogens with one attached hydrogen (secondary N) is 2. The number of amides is 1. The Balaban J connectivity index is 1.50. The second-order valence-corrected chi connectivity index (χ2v) is 7.48. The Morgan fingerprint density at radius 1 is 1.23 bits per heavy atom. The monoisotopic (exact) mass is 418 g/mol. The molecule has 1 aliphatic rings. The fourth-order valence-corrected chi connectivity index (χ4v) is 3.47. The van der Waals surface area contributed by atoms with Crippen LogP contribution in [0.1, 0.15) is 5.56 Å². The van der Waals surface area contributed by atoms with Crippen LogP contribution in [0.25, 0.3) is 0 Å². The van der Waals surface area contributed by atoms with E-state index in [1.54, 1.807) is 7.11 Å². The maximum Gasteiger partial charge on any atom is 0.279 e. The zero-order valence-corrected chi connectivity index (χ0v) is 16.8. The highest BCUT2D eigenvalue weighted by Gasteiger charge is 2.22. The molecule has 0 bridgehead atoms. The molecule has 138 valence electrons. The number of aryl methyl sites for hydroxylation is 1. The molecule has 0 aliphatic carbocycles. The van der Waals surface area contributed by atoms with Crippen LogP contribution in [0.2, 0.25) is 0 Å². The van der Waals surface area contributed by atoms with Crippen LogP contribution in [0.3, 0.4) is 0 Å². The van der Waals surface area contributed by atoms with Crippen molar-refractivity contribution >= 4 is 33.2 Å². The third-order valence-electron chi connectivity index (χ3n) is 4.74. The molecule has 1 aliphatic heterocycles. The number of halogens is 1. The highest BCUT2D eigenvalue weighted by Crippen LogP contribution is 2.21. The van der Waals surface area contributed by atoms with E-state index in [2.05, 4.69) is 38.3 Å². The molecule has 0 aromatic heterocycles.